The lowest BCUT2D eigenvalue weighted by molar-refractivity contribution is -0.115. The van der Waals surface area contributed by atoms with Crippen molar-refractivity contribution in [3.05, 3.63) is 29.6 Å². The zero-order valence-corrected chi connectivity index (χ0v) is 7.61. The van der Waals surface area contributed by atoms with Gasteiger partial charge in [0.15, 0.2) is 0 Å². The van der Waals surface area contributed by atoms with E-state index in [0.29, 0.717) is 5.56 Å². The van der Waals surface area contributed by atoms with Crippen molar-refractivity contribution < 1.29 is 22.7 Å². The summed E-state index contributed by atoms with van der Waals surface area (Å²) in [7, 11) is 0. The highest BCUT2D eigenvalue weighted by atomic mass is 19.4. The molecule has 6 heteroatoms. The zero-order chi connectivity index (χ0) is 11.5. The van der Waals surface area contributed by atoms with Crippen LogP contribution in [0.3, 0.4) is 0 Å². The van der Waals surface area contributed by atoms with E-state index in [1.807, 2.05) is 5.32 Å². The van der Waals surface area contributed by atoms with Gasteiger partial charge in [-0.25, -0.2) is 4.39 Å². The van der Waals surface area contributed by atoms with Gasteiger partial charge in [-0.3, -0.25) is 0 Å². The Kier molecular flexibility index (Phi) is 3.52. The number of hydrogen-bond donors (Lipinski definition) is 2. The molecule has 0 aromatic heterocycles. The van der Waals surface area contributed by atoms with Gasteiger partial charge in [0.25, 0.3) is 0 Å². The molecule has 0 aliphatic carbocycles. The Morgan fingerprint density at radius 3 is 2.47 bits per heavy atom. The number of rotatable bonds is 3. The van der Waals surface area contributed by atoms with Crippen LogP contribution in [-0.2, 0) is 6.61 Å². The number of benzene rings is 1. The summed E-state index contributed by atoms with van der Waals surface area (Å²) >= 11 is 0. The molecule has 0 saturated carbocycles. The van der Waals surface area contributed by atoms with Crippen molar-refractivity contribution in [3.8, 4) is 0 Å². The minimum atomic E-state index is -4.40. The van der Waals surface area contributed by atoms with Crippen molar-refractivity contribution in [3.63, 3.8) is 0 Å². The fraction of sp³-hybridized carbons (Fsp3) is 0.333. The van der Waals surface area contributed by atoms with Gasteiger partial charge < -0.3 is 10.4 Å². The molecule has 2 nitrogen and oxygen atoms in total. The van der Waals surface area contributed by atoms with Crippen LogP contribution in [-0.4, -0.2) is 17.8 Å². The second-order valence-corrected chi connectivity index (χ2v) is 2.94. The first kappa shape index (κ1) is 11.8. The van der Waals surface area contributed by atoms with E-state index in [9.17, 15) is 17.6 Å². The van der Waals surface area contributed by atoms with Crippen LogP contribution in [0, 0.1) is 5.82 Å². The summed E-state index contributed by atoms with van der Waals surface area (Å²) < 4.78 is 48.4. The second kappa shape index (κ2) is 4.48. The lowest BCUT2D eigenvalue weighted by Gasteiger charge is -2.11. The van der Waals surface area contributed by atoms with Gasteiger partial charge in [0.05, 0.1) is 12.3 Å². The summed E-state index contributed by atoms with van der Waals surface area (Å²) in [5.74, 6) is -0.781. The molecular formula is C9H9F4NO. The molecule has 1 aromatic rings. The number of halogens is 4. The third-order valence-electron chi connectivity index (χ3n) is 1.69. The average Bonchev–Trinajstić information content (AvgIpc) is 2.15. The van der Waals surface area contributed by atoms with Crippen molar-refractivity contribution >= 4 is 5.69 Å². The summed E-state index contributed by atoms with van der Waals surface area (Å²) in [4.78, 5) is 0. The number of aliphatic hydroxyl groups is 1. The van der Waals surface area contributed by atoms with Crippen LogP contribution in [0.2, 0.25) is 0 Å². The molecule has 0 radical (unpaired) electrons. The molecule has 0 fully saturated rings. The van der Waals surface area contributed by atoms with Gasteiger partial charge in [-0.1, -0.05) is 6.07 Å². The van der Waals surface area contributed by atoms with E-state index in [1.165, 1.54) is 6.07 Å². The topological polar surface area (TPSA) is 32.3 Å². The van der Waals surface area contributed by atoms with Crippen LogP contribution in [0.4, 0.5) is 23.2 Å². The van der Waals surface area contributed by atoms with Gasteiger partial charge in [0, 0.05) is 0 Å². The first-order valence-corrected chi connectivity index (χ1v) is 4.12. The predicted octanol–water partition coefficient (Wildman–Crippen LogP) is 2.29. The lowest BCUT2D eigenvalue weighted by Crippen LogP contribution is -2.21. The molecule has 0 saturated heterocycles. The maximum absolute atomic E-state index is 13.0. The number of anilines is 1. The maximum atomic E-state index is 13.0. The molecule has 0 heterocycles. The predicted molar refractivity (Wildman–Crippen MR) is 46.9 cm³/mol. The molecule has 1 aromatic carbocycles. The van der Waals surface area contributed by atoms with E-state index in [-0.39, 0.29) is 12.3 Å². The summed E-state index contributed by atoms with van der Waals surface area (Å²) in [5.41, 5.74) is 0.0833. The van der Waals surface area contributed by atoms with Gasteiger partial charge >= 0.3 is 6.18 Å². The summed E-state index contributed by atoms with van der Waals surface area (Å²) in [6.45, 7) is -1.65. The minimum absolute atomic E-state index is 0.265. The Morgan fingerprint density at radius 2 is 1.93 bits per heavy atom. The molecular weight excluding hydrogens is 214 g/mol. The van der Waals surface area contributed by atoms with Gasteiger partial charge in [0.2, 0.25) is 0 Å². The number of nitrogens with one attached hydrogen (secondary N) is 1. The smallest absolute Gasteiger partial charge is 0.392 e. The van der Waals surface area contributed by atoms with Crippen molar-refractivity contribution in [2.75, 3.05) is 11.9 Å². The molecule has 0 bridgehead atoms. The largest absolute Gasteiger partial charge is 0.405 e. The molecule has 0 aliphatic rings. The highest BCUT2D eigenvalue weighted by molar-refractivity contribution is 5.47. The molecule has 0 aliphatic heterocycles. The molecule has 2 N–H and O–H groups in total. The van der Waals surface area contributed by atoms with Gasteiger partial charge in [-0.15, -0.1) is 0 Å². The quantitative estimate of drug-likeness (QED) is 0.770. The normalized spacial score (nSPS) is 11.5. The van der Waals surface area contributed by atoms with E-state index in [4.69, 9.17) is 5.11 Å². The van der Waals surface area contributed by atoms with Crippen LogP contribution in [0.5, 0.6) is 0 Å². The van der Waals surface area contributed by atoms with E-state index < -0.39 is 18.5 Å². The summed E-state index contributed by atoms with van der Waals surface area (Å²) in [5, 5.41) is 10.6. The standard InChI is InChI=1S/C9H9F4NO/c10-7-2-1-6(4-15)3-8(7)14-5-9(11,12)13/h1-3,14-15H,4-5H2. The summed E-state index contributed by atoms with van der Waals surface area (Å²) in [6.07, 6.45) is -4.40. The number of hydrogen-bond acceptors (Lipinski definition) is 2. The van der Waals surface area contributed by atoms with Crippen LogP contribution in [0.25, 0.3) is 0 Å². The third kappa shape index (κ3) is 3.75. The van der Waals surface area contributed by atoms with E-state index in [2.05, 4.69) is 0 Å². The van der Waals surface area contributed by atoms with Crippen molar-refractivity contribution in [1.29, 1.82) is 0 Å². The van der Waals surface area contributed by atoms with Crippen LogP contribution >= 0.6 is 0 Å². The van der Waals surface area contributed by atoms with E-state index >= 15 is 0 Å². The Balaban J connectivity index is 2.75. The van der Waals surface area contributed by atoms with Crippen LogP contribution in [0.1, 0.15) is 5.56 Å². The zero-order valence-electron chi connectivity index (χ0n) is 7.61. The maximum Gasteiger partial charge on any atom is 0.405 e. The number of aliphatic hydroxyl groups excluding tert-OH is 1. The second-order valence-electron chi connectivity index (χ2n) is 2.94. The minimum Gasteiger partial charge on any atom is -0.392 e. The highest BCUT2D eigenvalue weighted by Crippen LogP contribution is 2.20. The Hall–Kier alpha value is -1.30. The van der Waals surface area contributed by atoms with Gasteiger partial charge in [0.1, 0.15) is 12.4 Å². The molecule has 0 atom stereocenters. The van der Waals surface area contributed by atoms with Crippen LogP contribution < -0.4 is 5.32 Å². The fourth-order valence-electron chi connectivity index (χ4n) is 1.00. The molecule has 15 heavy (non-hydrogen) atoms. The van der Waals surface area contributed by atoms with Crippen LogP contribution in [0.15, 0.2) is 18.2 Å². The molecule has 84 valence electrons. The van der Waals surface area contributed by atoms with E-state index in [0.717, 1.165) is 12.1 Å². The lowest BCUT2D eigenvalue weighted by atomic mass is 10.2. The Bertz CT molecular complexity index is 337. The molecule has 0 unspecified atom stereocenters. The number of alkyl halides is 3. The van der Waals surface area contributed by atoms with Gasteiger partial charge in [-0.05, 0) is 17.7 Å². The average molecular weight is 223 g/mol. The van der Waals surface area contributed by atoms with Crippen molar-refractivity contribution in [2.45, 2.75) is 12.8 Å². The SMILES string of the molecule is OCc1ccc(F)c(NCC(F)(F)F)c1. The fourth-order valence-corrected chi connectivity index (χ4v) is 1.00. The molecule has 0 amide bonds. The monoisotopic (exact) mass is 223 g/mol. The first-order chi connectivity index (χ1) is 6.92. The summed E-state index contributed by atoms with van der Waals surface area (Å²) in [6, 6.07) is 3.44. The first-order valence-electron chi connectivity index (χ1n) is 4.12. The highest BCUT2D eigenvalue weighted by Gasteiger charge is 2.27. The molecule has 1 rings (SSSR count). The molecule has 0 spiro atoms. The Labute approximate surface area is 83.5 Å². The van der Waals surface area contributed by atoms with Crippen molar-refractivity contribution in [1.82, 2.24) is 0 Å². The third-order valence-corrected chi connectivity index (χ3v) is 1.69. The van der Waals surface area contributed by atoms with Gasteiger partial charge in [-0.2, -0.15) is 13.2 Å². The van der Waals surface area contributed by atoms with Crippen molar-refractivity contribution in [2.24, 2.45) is 0 Å². The Morgan fingerprint density at radius 1 is 1.27 bits per heavy atom. The van der Waals surface area contributed by atoms with E-state index in [1.54, 1.807) is 0 Å².